The van der Waals surface area contributed by atoms with Crippen LogP contribution in [0.1, 0.15) is 11.1 Å². The molecule has 0 aliphatic carbocycles. The Morgan fingerprint density at radius 1 is 1.05 bits per heavy atom. The van der Waals surface area contributed by atoms with Crippen molar-refractivity contribution in [3.63, 3.8) is 0 Å². The fraction of sp³-hybridized carbons (Fsp3) is 0.200. The van der Waals surface area contributed by atoms with Gasteiger partial charge in [-0.05, 0) is 48.0 Å². The minimum absolute atomic E-state index is 0.0261. The van der Waals surface area contributed by atoms with Gasteiger partial charge < -0.3 is 19.3 Å². The number of aryl methyl sites for hydroxylation is 1. The van der Waals surface area contributed by atoms with E-state index in [1.54, 1.807) is 54.7 Å². The van der Waals surface area contributed by atoms with Gasteiger partial charge in [0.15, 0.2) is 11.2 Å². The van der Waals surface area contributed by atoms with Crippen LogP contribution in [0.15, 0.2) is 82.5 Å². The average Bonchev–Trinajstić information content (AvgIpc) is 3.37. The normalized spacial score (nSPS) is 10.9. The molecule has 12 nitrogen and oxygen atoms in total. The quantitative estimate of drug-likeness (QED) is 0.270. The molecule has 212 valence electrons. The van der Waals surface area contributed by atoms with E-state index >= 15 is 0 Å². The zero-order valence-electron chi connectivity index (χ0n) is 23.0. The number of imidazole rings is 1. The minimum atomic E-state index is -1.18. The summed E-state index contributed by atoms with van der Waals surface area (Å²) in [6, 6.07) is 21.3. The molecule has 0 spiro atoms. The van der Waals surface area contributed by atoms with Crippen molar-refractivity contribution in [3.05, 3.63) is 105 Å². The number of benzene rings is 2. The van der Waals surface area contributed by atoms with Crippen molar-refractivity contribution in [1.82, 2.24) is 23.7 Å². The number of nitrogens with zero attached hydrogens (tertiary/aromatic N) is 7. The van der Waals surface area contributed by atoms with Gasteiger partial charge in [-0.15, -0.1) is 0 Å². The highest BCUT2D eigenvalue weighted by atomic mass is 16.5. The number of pyridine rings is 1. The van der Waals surface area contributed by atoms with Gasteiger partial charge in [0.1, 0.15) is 30.5 Å². The number of rotatable bonds is 10. The van der Waals surface area contributed by atoms with Gasteiger partial charge >= 0.3 is 11.7 Å². The molecule has 3 aromatic heterocycles. The van der Waals surface area contributed by atoms with Crippen molar-refractivity contribution in [1.29, 1.82) is 5.26 Å². The van der Waals surface area contributed by atoms with Crippen LogP contribution in [0.4, 0.5) is 5.82 Å². The maximum atomic E-state index is 13.7. The predicted molar refractivity (Wildman–Crippen MR) is 156 cm³/mol. The molecule has 0 fully saturated rings. The largest absolute Gasteiger partial charge is 0.492 e. The monoisotopic (exact) mass is 565 g/mol. The topological polar surface area (TPSA) is 148 Å². The number of carboxylic acid groups (broad SMARTS) is 1. The third kappa shape index (κ3) is 5.48. The number of ether oxygens (including phenoxy) is 1. The first-order chi connectivity index (χ1) is 20.3. The highest BCUT2D eigenvalue weighted by molar-refractivity contribution is 5.80. The van der Waals surface area contributed by atoms with Crippen LogP contribution in [0, 0.1) is 11.3 Å². The molecular weight excluding hydrogens is 538 g/mol. The first-order valence-corrected chi connectivity index (χ1v) is 13.0. The van der Waals surface area contributed by atoms with Gasteiger partial charge in [0, 0.05) is 25.9 Å². The summed E-state index contributed by atoms with van der Waals surface area (Å²) >= 11 is 0. The third-order valence-electron chi connectivity index (χ3n) is 6.84. The van der Waals surface area contributed by atoms with Gasteiger partial charge in [-0.25, -0.2) is 14.8 Å². The maximum absolute atomic E-state index is 13.7. The number of carbonyl (C=O) groups is 1. The first-order valence-electron chi connectivity index (χ1n) is 13.0. The van der Waals surface area contributed by atoms with Crippen LogP contribution < -0.4 is 20.9 Å². The zero-order chi connectivity index (χ0) is 29.8. The van der Waals surface area contributed by atoms with E-state index in [4.69, 9.17) is 4.74 Å². The Kier molecular flexibility index (Phi) is 7.83. The Bertz CT molecular complexity index is 1920. The second kappa shape index (κ2) is 11.8. The number of anilines is 1. The Balaban J connectivity index is 1.48. The van der Waals surface area contributed by atoms with Crippen molar-refractivity contribution in [2.45, 2.75) is 13.1 Å². The Labute approximate surface area is 239 Å². The van der Waals surface area contributed by atoms with Gasteiger partial charge in [-0.1, -0.05) is 24.3 Å². The van der Waals surface area contributed by atoms with E-state index in [2.05, 4.69) is 16.0 Å². The van der Waals surface area contributed by atoms with E-state index in [1.165, 1.54) is 16.2 Å². The number of aliphatic carboxylic acids is 1. The van der Waals surface area contributed by atoms with E-state index in [9.17, 15) is 24.8 Å². The molecule has 0 unspecified atom stereocenters. The van der Waals surface area contributed by atoms with Crippen molar-refractivity contribution < 1.29 is 14.6 Å². The second-order valence-corrected chi connectivity index (χ2v) is 9.57. The van der Waals surface area contributed by atoms with Crippen molar-refractivity contribution >= 4 is 23.0 Å². The van der Waals surface area contributed by atoms with Crippen LogP contribution in [-0.2, 0) is 24.9 Å². The van der Waals surface area contributed by atoms with Gasteiger partial charge in [0.25, 0.3) is 5.56 Å². The Morgan fingerprint density at radius 2 is 1.79 bits per heavy atom. The van der Waals surface area contributed by atoms with Crippen LogP contribution in [0.25, 0.3) is 22.6 Å². The van der Waals surface area contributed by atoms with Crippen LogP contribution in [0.5, 0.6) is 5.75 Å². The highest BCUT2D eigenvalue weighted by Gasteiger charge is 2.23. The molecule has 5 rings (SSSR count). The summed E-state index contributed by atoms with van der Waals surface area (Å²) < 4.78 is 9.37. The summed E-state index contributed by atoms with van der Waals surface area (Å²) in [6.45, 7) is 0.305. The lowest BCUT2D eigenvalue weighted by atomic mass is 10.1. The number of hydrogen-bond acceptors (Lipinski definition) is 8. The van der Waals surface area contributed by atoms with E-state index in [1.807, 2.05) is 30.1 Å². The molecule has 5 aromatic rings. The van der Waals surface area contributed by atoms with Gasteiger partial charge in [-0.2, -0.15) is 5.26 Å². The Hall–Kier alpha value is -5.70. The molecule has 0 aliphatic rings. The fourth-order valence-corrected chi connectivity index (χ4v) is 4.65. The molecular formula is C30H27N7O5. The fourth-order valence-electron chi connectivity index (χ4n) is 4.65. The molecule has 0 radical (unpaired) electrons. The lowest BCUT2D eigenvalue weighted by Gasteiger charge is -2.18. The van der Waals surface area contributed by atoms with Crippen LogP contribution in [0.3, 0.4) is 0 Å². The molecule has 0 atom stereocenters. The van der Waals surface area contributed by atoms with Crippen molar-refractivity contribution in [2.75, 3.05) is 25.1 Å². The molecule has 0 saturated carbocycles. The smallest absolute Gasteiger partial charge is 0.332 e. The number of hydrogen-bond donors (Lipinski definition) is 1. The maximum Gasteiger partial charge on any atom is 0.332 e. The van der Waals surface area contributed by atoms with Crippen molar-refractivity contribution in [3.8, 4) is 23.2 Å². The predicted octanol–water partition coefficient (Wildman–Crippen LogP) is 2.48. The summed E-state index contributed by atoms with van der Waals surface area (Å²) in [6.07, 6.45) is 1.73. The van der Waals surface area contributed by atoms with E-state index in [0.29, 0.717) is 35.6 Å². The third-order valence-corrected chi connectivity index (χ3v) is 6.84. The average molecular weight is 566 g/mol. The van der Waals surface area contributed by atoms with Crippen LogP contribution >= 0.6 is 0 Å². The zero-order valence-corrected chi connectivity index (χ0v) is 23.0. The van der Waals surface area contributed by atoms with Gasteiger partial charge in [-0.3, -0.25) is 18.7 Å². The number of fused-ring (bicyclic) bond motifs is 1. The molecule has 3 heterocycles. The minimum Gasteiger partial charge on any atom is -0.492 e. The lowest BCUT2D eigenvalue weighted by molar-refractivity contribution is -0.137. The molecule has 0 aliphatic heterocycles. The molecule has 0 amide bonds. The summed E-state index contributed by atoms with van der Waals surface area (Å²) in [7, 11) is 3.39. The summed E-state index contributed by atoms with van der Waals surface area (Å²) in [5.41, 5.74) is 0.0651. The van der Waals surface area contributed by atoms with E-state index < -0.39 is 23.8 Å². The summed E-state index contributed by atoms with van der Waals surface area (Å²) in [5.74, 6) is 0.467. The second-order valence-electron chi connectivity index (χ2n) is 9.57. The standard InChI is InChI=1S/C30H27N7O5/c1-34(24-9-5-6-14-32-24)15-16-42-23-12-10-20(11-13-23)27-33-28-26(36(27)19-25(38)39)29(40)37(30(41)35(28)2)18-22-8-4-3-7-21(22)17-31/h3-14H,15-16,18-19H2,1-2H3,(H,38,39). The molecule has 0 saturated heterocycles. The number of likely N-dealkylation sites (N-methyl/N-ethyl adjacent to an activating group) is 1. The molecule has 1 N–H and O–H groups in total. The first kappa shape index (κ1) is 27.9. The van der Waals surface area contributed by atoms with Crippen molar-refractivity contribution in [2.24, 2.45) is 7.05 Å². The number of carboxylic acids is 1. The van der Waals surface area contributed by atoms with E-state index in [-0.39, 0.29) is 23.5 Å². The number of aromatic nitrogens is 5. The van der Waals surface area contributed by atoms with Gasteiger partial charge in [0.05, 0.1) is 24.7 Å². The summed E-state index contributed by atoms with van der Waals surface area (Å²) in [5, 5.41) is 19.1. The molecule has 12 heteroatoms. The highest BCUT2D eigenvalue weighted by Crippen LogP contribution is 2.25. The van der Waals surface area contributed by atoms with E-state index in [0.717, 1.165) is 10.4 Å². The molecule has 0 bridgehead atoms. The Morgan fingerprint density at radius 3 is 2.48 bits per heavy atom. The van der Waals surface area contributed by atoms with Gasteiger partial charge in [0.2, 0.25) is 0 Å². The molecule has 42 heavy (non-hydrogen) atoms. The SMILES string of the molecule is CN(CCOc1ccc(-c2nc3c(c(=O)n(Cc4ccccc4C#N)c(=O)n3C)n2CC(=O)O)cc1)c1ccccn1. The van der Waals surface area contributed by atoms with Crippen LogP contribution in [0.2, 0.25) is 0 Å². The number of nitriles is 1. The lowest BCUT2D eigenvalue weighted by Crippen LogP contribution is -2.40. The molecule has 2 aromatic carbocycles. The van der Waals surface area contributed by atoms with Crippen LogP contribution in [-0.4, -0.2) is 54.9 Å². The summed E-state index contributed by atoms with van der Waals surface area (Å²) in [4.78, 5) is 49.6.